The van der Waals surface area contributed by atoms with Crippen LogP contribution in [-0.2, 0) is 0 Å². The summed E-state index contributed by atoms with van der Waals surface area (Å²) in [6, 6.07) is 7.24. The van der Waals surface area contributed by atoms with Crippen LogP contribution in [0.3, 0.4) is 0 Å². The van der Waals surface area contributed by atoms with Gasteiger partial charge in [-0.15, -0.1) is 0 Å². The van der Waals surface area contributed by atoms with Crippen LogP contribution in [0, 0.1) is 0 Å². The van der Waals surface area contributed by atoms with E-state index in [0.29, 0.717) is 17.1 Å². The van der Waals surface area contributed by atoms with Crippen molar-refractivity contribution in [2.24, 2.45) is 0 Å². The molecule has 0 spiro atoms. The number of nitrogens with zero attached hydrogens (tertiary/aromatic N) is 1. The van der Waals surface area contributed by atoms with Crippen molar-refractivity contribution in [1.82, 2.24) is 4.57 Å². The highest BCUT2D eigenvalue weighted by atomic mass is 16.5. The van der Waals surface area contributed by atoms with Gasteiger partial charge in [0.25, 0.3) is 0 Å². The van der Waals surface area contributed by atoms with Gasteiger partial charge in [-0.05, 0) is 18.2 Å². The van der Waals surface area contributed by atoms with Gasteiger partial charge in [0.2, 0.25) is 0 Å². The number of ether oxygens (including phenoxy) is 2. The normalized spacial score (nSPS) is 10.0. The molecule has 0 saturated carbocycles. The average molecular weight is 231 g/mol. The molecular formula is C13H13NO3. The van der Waals surface area contributed by atoms with Crippen LogP contribution in [0.15, 0.2) is 36.7 Å². The van der Waals surface area contributed by atoms with Gasteiger partial charge >= 0.3 is 0 Å². The van der Waals surface area contributed by atoms with E-state index in [1.54, 1.807) is 26.4 Å². The van der Waals surface area contributed by atoms with Crippen molar-refractivity contribution < 1.29 is 14.3 Å². The van der Waals surface area contributed by atoms with Gasteiger partial charge in [-0.3, -0.25) is 4.79 Å². The zero-order valence-corrected chi connectivity index (χ0v) is 9.71. The van der Waals surface area contributed by atoms with Crippen LogP contribution >= 0.6 is 0 Å². The van der Waals surface area contributed by atoms with E-state index >= 15 is 0 Å². The highest BCUT2D eigenvalue weighted by Crippen LogP contribution is 2.31. The number of hydrogen-bond acceptors (Lipinski definition) is 3. The van der Waals surface area contributed by atoms with Gasteiger partial charge in [-0.25, -0.2) is 0 Å². The molecule has 4 heteroatoms. The Labute approximate surface area is 99.4 Å². The molecule has 88 valence electrons. The maximum Gasteiger partial charge on any atom is 0.162 e. The number of aldehydes is 1. The van der Waals surface area contributed by atoms with Gasteiger partial charge in [0.1, 0.15) is 0 Å². The first kappa shape index (κ1) is 11.3. The molecule has 0 fully saturated rings. The van der Waals surface area contributed by atoms with Crippen molar-refractivity contribution >= 4 is 6.29 Å². The van der Waals surface area contributed by atoms with E-state index in [4.69, 9.17) is 9.47 Å². The molecule has 0 aliphatic rings. The quantitative estimate of drug-likeness (QED) is 0.758. The molecular weight excluding hydrogens is 218 g/mol. The molecule has 0 amide bonds. The fraction of sp³-hybridized carbons (Fsp3) is 0.154. The van der Waals surface area contributed by atoms with Crippen LogP contribution < -0.4 is 9.47 Å². The van der Waals surface area contributed by atoms with Crippen molar-refractivity contribution in [2.75, 3.05) is 14.2 Å². The Balaban J connectivity index is 2.62. The van der Waals surface area contributed by atoms with Crippen molar-refractivity contribution in [3.05, 3.63) is 42.2 Å². The maximum atomic E-state index is 11.1. The molecule has 0 bridgehead atoms. The number of carbonyl (C=O) groups excluding carboxylic acids is 1. The molecule has 0 unspecified atom stereocenters. The molecule has 4 nitrogen and oxygen atoms in total. The summed E-state index contributed by atoms with van der Waals surface area (Å²) in [6.45, 7) is 0. The number of aromatic nitrogens is 1. The van der Waals surface area contributed by atoms with E-state index in [-0.39, 0.29) is 0 Å². The number of carbonyl (C=O) groups is 1. The third-order valence-electron chi connectivity index (χ3n) is 2.54. The summed E-state index contributed by atoms with van der Waals surface area (Å²) in [7, 11) is 3.11. The second-order valence-electron chi connectivity index (χ2n) is 3.47. The van der Waals surface area contributed by atoms with Crippen LogP contribution in [0.2, 0.25) is 0 Å². The molecule has 0 aliphatic heterocycles. The second kappa shape index (κ2) is 4.74. The Morgan fingerprint density at radius 3 is 2.18 bits per heavy atom. The summed E-state index contributed by atoms with van der Waals surface area (Å²) in [5.41, 5.74) is 1.32. The lowest BCUT2D eigenvalue weighted by Crippen LogP contribution is -2.00. The molecule has 1 aromatic heterocycles. The summed E-state index contributed by atoms with van der Waals surface area (Å²) < 4.78 is 12.2. The van der Waals surface area contributed by atoms with Crippen LogP contribution in [0.5, 0.6) is 11.5 Å². The first-order chi connectivity index (χ1) is 8.30. The van der Waals surface area contributed by atoms with Crippen LogP contribution in [-0.4, -0.2) is 25.1 Å². The minimum atomic E-state index is 0.547. The minimum absolute atomic E-state index is 0.547. The summed E-state index contributed by atoms with van der Waals surface area (Å²) in [5.74, 6) is 1.15. The van der Waals surface area contributed by atoms with E-state index < -0.39 is 0 Å². The van der Waals surface area contributed by atoms with Crippen molar-refractivity contribution in [2.45, 2.75) is 0 Å². The monoisotopic (exact) mass is 231 g/mol. The molecule has 1 aromatic carbocycles. The molecule has 0 atom stereocenters. The molecule has 0 aliphatic carbocycles. The van der Waals surface area contributed by atoms with Gasteiger partial charge in [-0.2, -0.15) is 0 Å². The van der Waals surface area contributed by atoms with Gasteiger partial charge in [-0.1, -0.05) is 0 Å². The van der Waals surface area contributed by atoms with Crippen LogP contribution in [0.1, 0.15) is 10.4 Å². The molecule has 0 saturated heterocycles. The van der Waals surface area contributed by atoms with E-state index in [2.05, 4.69) is 0 Å². The number of hydrogen-bond donors (Lipinski definition) is 0. The van der Waals surface area contributed by atoms with Gasteiger partial charge in [0.05, 0.1) is 19.9 Å². The zero-order valence-electron chi connectivity index (χ0n) is 9.71. The third-order valence-corrected chi connectivity index (χ3v) is 2.54. The Hall–Kier alpha value is -2.23. The smallest absolute Gasteiger partial charge is 0.162 e. The van der Waals surface area contributed by atoms with Gasteiger partial charge < -0.3 is 14.0 Å². The number of rotatable bonds is 4. The standard InChI is InChI=1S/C13H13NO3/c1-16-12-7-10(9-15)11(8-13(12)17-2)14-5-3-4-6-14/h3-9H,1-2H3. The summed E-state index contributed by atoms with van der Waals surface area (Å²) in [4.78, 5) is 11.1. The molecule has 1 heterocycles. The predicted octanol–water partition coefficient (Wildman–Crippen LogP) is 2.31. The van der Waals surface area contributed by atoms with Crippen molar-refractivity contribution in [3.8, 4) is 17.2 Å². The van der Waals surface area contributed by atoms with E-state index in [1.807, 2.05) is 29.1 Å². The SMILES string of the molecule is COc1cc(C=O)c(-n2cccc2)cc1OC. The fourth-order valence-electron chi connectivity index (χ4n) is 1.70. The molecule has 0 N–H and O–H groups in total. The first-order valence-corrected chi connectivity index (χ1v) is 5.14. The average Bonchev–Trinajstić information content (AvgIpc) is 2.90. The third kappa shape index (κ3) is 2.01. The molecule has 2 rings (SSSR count). The Bertz CT molecular complexity index is 518. The highest BCUT2D eigenvalue weighted by Gasteiger charge is 2.11. The minimum Gasteiger partial charge on any atom is -0.493 e. The summed E-state index contributed by atoms with van der Waals surface area (Å²) in [5, 5.41) is 0. The predicted molar refractivity (Wildman–Crippen MR) is 64.3 cm³/mol. The Morgan fingerprint density at radius 2 is 1.65 bits per heavy atom. The van der Waals surface area contributed by atoms with Crippen LogP contribution in [0.25, 0.3) is 5.69 Å². The first-order valence-electron chi connectivity index (χ1n) is 5.14. The van der Waals surface area contributed by atoms with Crippen LogP contribution in [0.4, 0.5) is 0 Å². The lowest BCUT2D eigenvalue weighted by molar-refractivity contribution is 0.112. The topological polar surface area (TPSA) is 40.5 Å². The van der Waals surface area contributed by atoms with E-state index in [0.717, 1.165) is 12.0 Å². The van der Waals surface area contributed by atoms with E-state index in [1.165, 1.54) is 0 Å². The lowest BCUT2D eigenvalue weighted by Gasteiger charge is -2.12. The summed E-state index contributed by atoms with van der Waals surface area (Å²) in [6.07, 6.45) is 4.54. The fourth-order valence-corrected chi connectivity index (χ4v) is 1.70. The van der Waals surface area contributed by atoms with Crippen molar-refractivity contribution in [3.63, 3.8) is 0 Å². The number of methoxy groups -OCH3 is 2. The highest BCUT2D eigenvalue weighted by molar-refractivity contribution is 5.83. The molecule has 0 radical (unpaired) electrons. The maximum absolute atomic E-state index is 11.1. The number of benzene rings is 1. The summed E-state index contributed by atoms with van der Waals surface area (Å²) >= 11 is 0. The lowest BCUT2D eigenvalue weighted by atomic mass is 10.1. The van der Waals surface area contributed by atoms with E-state index in [9.17, 15) is 4.79 Å². The Morgan fingerprint density at radius 1 is 1.06 bits per heavy atom. The second-order valence-corrected chi connectivity index (χ2v) is 3.47. The van der Waals surface area contributed by atoms with Gasteiger partial charge in [0.15, 0.2) is 17.8 Å². The van der Waals surface area contributed by atoms with Gasteiger partial charge in [0, 0.05) is 24.0 Å². The molecule has 2 aromatic rings. The van der Waals surface area contributed by atoms with Crippen molar-refractivity contribution in [1.29, 1.82) is 0 Å². The zero-order chi connectivity index (χ0) is 12.3. The molecule has 17 heavy (non-hydrogen) atoms. The largest absolute Gasteiger partial charge is 0.493 e. The Kier molecular flexibility index (Phi) is 3.14.